The Hall–Kier alpha value is -3.13. The predicted molar refractivity (Wildman–Crippen MR) is 296 cm³/mol. The highest BCUT2D eigenvalue weighted by molar-refractivity contribution is 6.05. The van der Waals surface area contributed by atoms with E-state index in [2.05, 4.69) is 32.0 Å². The number of nitrogens with one attached hydrogen (secondary N) is 1. The van der Waals surface area contributed by atoms with Gasteiger partial charge in [-0.15, -0.1) is 6.42 Å². The number of benzene rings is 2. The van der Waals surface area contributed by atoms with Gasteiger partial charge in [0.2, 0.25) is 5.75 Å². The Kier molecular flexibility index (Phi) is 41.5. The number of hydrogen-bond donors (Lipinski definition) is 1. The van der Waals surface area contributed by atoms with Gasteiger partial charge in [-0.05, 0) is 55.7 Å². The van der Waals surface area contributed by atoms with Crippen molar-refractivity contribution in [2.45, 2.75) is 290 Å². The van der Waals surface area contributed by atoms with Gasteiger partial charge in [0.05, 0.1) is 19.8 Å². The zero-order valence-corrected chi connectivity index (χ0v) is 45.0. The summed E-state index contributed by atoms with van der Waals surface area (Å²) in [6.45, 7) is 8.66. The molecule has 5 heteroatoms. The number of rotatable bonds is 50. The smallest absolute Gasteiger partial charge is 0.255 e. The minimum Gasteiger partial charge on any atom is -0.490 e. The third-order valence-electron chi connectivity index (χ3n) is 13.8. The van der Waals surface area contributed by atoms with Crippen molar-refractivity contribution < 1.29 is 19.0 Å². The highest BCUT2D eigenvalue weighted by Gasteiger charge is 2.20. The van der Waals surface area contributed by atoms with Crippen LogP contribution in [0.5, 0.6) is 17.2 Å². The number of ether oxygens (including phenoxy) is 3. The SMILES string of the molecule is C#Cc1ccc(NC(=O)c2cc(OCCCCCCCCCCCCCCCC)c(OCCCCCCCCCCCCCCCC)c(OCCCCCCCCCCCCCCCC)c2)cc1. The van der Waals surface area contributed by atoms with E-state index in [1.54, 1.807) is 0 Å². The molecule has 0 spiro atoms. The van der Waals surface area contributed by atoms with Crippen LogP contribution < -0.4 is 19.5 Å². The fraction of sp³-hybridized carbons (Fsp3) is 0.762. The summed E-state index contributed by atoms with van der Waals surface area (Å²) < 4.78 is 19.7. The first kappa shape index (κ1) is 61.0. The summed E-state index contributed by atoms with van der Waals surface area (Å²) in [5.74, 6) is 4.31. The Bertz CT molecular complexity index is 1410. The maximum absolute atomic E-state index is 13.8. The molecule has 2 aromatic carbocycles. The number of carbonyl (C=O) groups is 1. The molecule has 2 aromatic rings. The van der Waals surface area contributed by atoms with Gasteiger partial charge in [0.15, 0.2) is 11.5 Å². The zero-order valence-electron chi connectivity index (χ0n) is 45.0. The number of hydrogen-bond acceptors (Lipinski definition) is 4. The number of amides is 1. The molecule has 0 atom stereocenters. The fourth-order valence-corrected chi connectivity index (χ4v) is 9.35. The van der Waals surface area contributed by atoms with E-state index in [4.69, 9.17) is 20.6 Å². The van der Waals surface area contributed by atoms with Crippen LogP contribution >= 0.6 is 0 Å². The topological polar surface area (TPSA) is 56.8 Å². The van der Waals surface area contributed by atoms with E-state index in [0.717, 1.165) is 44.1 Å². The number of unbranched alkanes of at least 4 members (excludes halogenated alkanes) is 39. The van der Waals surface area contributed by atoms with Crippen LogP contribution in [0.1, 0.15) is 306 Å². The third-order valence-corrected chi connectivity index (χ3v) is 13.8. The lowest BCUT2D eigenvalue weighted by molar-refractivity contribution is 0.102. The van der Waals surface area contributed by atoms with Crippen molar-refractivity contribution >= 4 is 11.6 Å². The average Bonchev–Trinajstić information content (AvgIpc) is 3.35. The van der Waals surface area contributed by atoms with E-state index in [0.29, 0.717) is 48.3 Å². The summed E-state index contributed by atoms with van der Waals surface area (Å²) >= 11 is 0. The van der Waals surface area contributed by atoms with E-state index >= 15 is 0 Å². The summed E-state index contributed by atoms with van der Waals surface area (Å²) in [7, 11) is 0. The van der Waals surface area contributed by atoms with Crippen molar-refractivity contribution in [1.29, 1.82) is 0 Å². The van der Waals surface area contributed by atoms with Gasteiger partial charge in [0.1, 0.15) is 0 Å². The highest BCUT2D eigenvalue weighted by atomic mass is 16.5. The van der Waals surface area contributed by atoms with Crippen molar-refractivity contribution in [3.63, 3.8) is 0 Å². The van der Waals surface area contributed by atoms with Gasteiger partial charge < -0.3 is 19.5 Å². The molecule has 0 aliphatic heterocycles. The van der Waals surface area contributed by atoms with Gasteiger partial charge in [-0.25, -0.2) is 0 Å². The van der Waals surface area contributed by atoms with Gasteiger partial charge in [-0.1, -0.05) is 277 Å². The van der Waals surface area contributed by atoms with Crippen LogP contribution in [0.15, 0.2) is 36.4 Å². The normalized spacial score (nSPS) is 11.2. The molecule has 0 aromatic heterocycles. The van der Waals surface area contributed by atoms with E-state index in [-0.39, 0.29) is 5.91 Å². The molecule has 68 heavy (non-hydrogen) atoms. The van der Waals surface area contributed by atoms with E-state index in [9.17, 15) is 4.79 Å². The van der Waals surface area contributed by atoms with Crippen molar-refractivity contribution in [2.75, 3.05) is 25.1 Å². The molecular formula is C63H107NO4. The molecule has 0 saturated carbocycles. The second-order valence-electron chi connectivity index (χ2n) is 20.3. The molecule has 5 nitrogen and oxygen atoms in total. The molecule has 388 valence electrons. The van der Waals surface area contributed by atoms with Gasteiger partial charge in [0.25, 0.3) is 5.91 Å². The van der Waals surface area contributed by atoms with Crippen LogP contribution in [0.4, 0.5) is 5.69 Å². The standard InChI is InChI=1S/C63H107NO4/c1-5-9-12-15-18-21-24-27-30-33-36-39-42-45-52-66-60-55-58(63(65)64-59-50-48-57(8-4)49-51-59)56-61(67-53-46-43-40-37-34-31-28-25-22-19-16-13-10-6-2)62(60)68-54-47-44-41-38-35-32-29-26-23-20-17-14-11-7-3/h4,48-51,55-56H,5-7,9-47,52-54H2,1-3H3,(H,64,65). The Morgan fingerprint density at radius 3 is 0.941 bits per heavy atom. The van der Waals surface area contributed by atoms with E-state index < -0.39 is 0 Å². The third kappa shape index (κ3) is 34.2. The summed E-state index contributed by atoms with van der Waals surface area (Å²) in [6.07, 6.45) is 61.0. The zero-order chi connectivity index (χ0) is 48.6. The van der Waals surface area contributed by atoms with Gasteiger partial charge >= 0.3 is 0 Å². The molecular weight excluding hydrogens is 835 g/mol. The minimum absolute atomic E-state index is 0.209. The second-order valence-corrected chi connectivity index (χ2v) is 20.3. The Morgan fingerprint density at radius 2 is 0.662 bits per heavy atom. The lowest BCUT2D eigenvalue weighted by Crippen LogP contribution is -2.14. The Morgan fingerprint density at radius 1 is 0.397 bits per heavy atom. The molecule has 0 fully saturated rings. The second kappa shape index (κ2) is 46.3. The Labute approximate surface area is 421 Å². The lowest BCUT2D eigenvalue weighted by atomic mass is 10.0. The maximum atomic E-state index is 13.8. The molecule has 0 bridgehead atoms. The summed E-state index contributed by atoms with van der Waals surface area (Å²) in [6, 6.07) is 11.1. The largest absolute Gasteiger partial charge is 0.490 e. The number of carbonyl (C=O) groups excluding carboxylic acids is 1. The summed E-state index contributed by atoms with van der Waals surface area (Å²) in [4.78, 5) is 13.8. The molecule has 0 unspecified atom stereocenters. The summed E-state index contributed by atoms with van der Waals surface area (Å²) in [5, 5.41) is 3.07. The van der Waals surface area contributed by atoms with Crippen LogP contribution in [-0.4, -0.2) is 25.7 Å². The van der Waals surface area contributed by atoms with Crippen LogP contribution in [-0.2, 0) is 0 Å². The van der Waals surface area contributed by atoms with Gasteiger partial charge in [-0.3, -0.25) is 4.79 Å². The van der Waals surface area contributed by atoms with E-state index in [1.165, 1.54) is 231 Å². The molecule has 2 rings (SSSR count). The van der Waals surface area contributed by atoms with Gasteiger partial charge in [-0.2, -0.15) is 0 Å². The maximum Gasteiger partial charge on any atom is 0.255 e. The molecule has 1 amide bonds. The van der Waals surface area contributed by atoms with Crippen LogP contribution in [0.3, 0.4) is 0 Å². The quantitative estimate of drug-likeness (QED) is 0.0530. The van der Waals surface area contributed by atoms with E-state index in [1.807, 2.05) is 36.4 Å². The van der Waals surface area contributed by atoms with Crippen molar-refractivity contribution in [1.82, 2.24) is 0 Å². The number of terminal acetylenes is 1. The Balaban J connectivity index is 1.97. The minimum atomic E-state index is -0.209. The molecule has 0 aliphatic carbocycles. The van der Waals surface area contributed by atoms with Crippen molar-refractivity contribution in [2.24, 2.45) is 0 Å². The van der Waals surface area contributed by atoms with Crippen LogP contribution in [0, 0.1) is 12.3 Å². The lowest BCUT2D eigenvalue weighted by Gasteiger charge is -2.19. The first-order valence-electron chi connectivity index (χ1n) is 29.6. The molecule has 0 aliphatic rings. The molecule has 0 heterocycles. The van der Waals surface area contributed by atoms with Crippen molar-refractivity contribution in [3.8, 4) is 29.6 Å². The molecule has 0 saturated heterocycles. The van der Waals surface area contributed by atoms with Gasteiger partial charge in [0, 0.05) is 16.8 Å². The first-order valence-corrected chi connectivity index (χ1v) is 29.6. The van der Waals surface area contributed by atoms with Crippen molar-refractivity contribution in [3.05, 3.63) is 47.5 Å². The predicted octanol–water partition coefficient (Wildman–Crippen LogP) is 20.5. The van der Waals surface area contributed by atoms with Crippen LogP contribution in [0.25, 0.3) is 0 Å². The number of anilines is 1. The first-order chi connectivity index (χ1) is 33.6. The molecule has 1 N–H and O–H groups in total. The van der Waals surface area contributed by atoms with Crippen LogP contribution in [0.2, 0.25) is 0 Å². The summed E-state index contributed by atoms with van der Waals surface area (Å²) in [5.41, 5.74) is 1.98. The monoisotopic (exact) mass is 942 g/mol. The fourth-order valence-electron chi connectivity index (χ4n) is 9.35. The highest BCUT2D eigenvalue weighted by Crippen LogP contribution is 2.40. The average molecular weight is 943 g/mol. The molecule has 0 radical (unpaired) electrons.